The SMILES string of the molecule is COc1cc2ncnc(N(C)Cc3ccncc3)c2cc1OC. The van der Waals surface area contributed by atoms with Crippen LogP contribution in [0.15, 0.2) is 43.0 Å². The number of ether oxygens (including phenoxy) is 2. The molecule has 0 aliphatic carbocycles. The fraction of sp³-hybridized carbons (Fsp3) is 0.235. The van der Waals surface area contributed by atoms with Gasteiger partial charge in [0.1, 0.15) is 12.1 Å². The Bertz CT molecular complexity index is 808. The van der Waals surface area contributed by atoms with Gasteiger partial charge in [0.2, 0.25) is 0 Å². The summed E-state index contributed by atoms with van der Waals surface area (Å²) in [6.45, 7) is 0.725. The molecule has 0 fully saturated rings. The minimum absolute atomic E-state index is 0.654. The van der Waals surface area contributed by atoms with E-state index < -0.39 is 0 Å². The summed E-state index contributed by atoms with van der Waals surface area (Å²) in [6.07, 6.45) is 5.14. The molecule has 0 spiro atoms. The van der Waals surface area contributed by atoms with Crippen LogP contribution in [-0.4, -0.2) is 36.2 Å². The van der Waals surface area contributed by atoms with Crippen LogP contribution >= 0.6 is 0 Å². The predicted molar refractivity (Wildman–Crippen MR) is 89.0 cm³/mol. The molecule has 3 rings (SSSR count). The number of anilines is 1. The first-order valence-electron chi connectivity index (χ1n) is 7.19. The minimum Gasteiger partial charge on any atom is -0.493 e. The molecule has 3 aromatic rings. The standard InChI is InChI=1S/C17H18N4O2/c1-21(10-12-4-6-18-7-5-12)17-13-8-15(22-2)16(23-3)9-14(13)19-11-20-17/h4-9,11H,10H2,1-3H3. The van der Waals surface area contributed by atoms with Crippen LogP contribution < -0.4 is 14.4 Å². The monoisotopic (exact) mass is 310 g/mol. The van der Waals surface area contributed by atoms with Crippen molar-refractivity contribution in [2.24, 2.45) is 0 Å². The van der Waals surface area contributed by atoms with E-state index in [0.29, 0.717) is 11.5 Å². The van der Waals surface area contributed by atoms with E-state index in [0.717, 1.165) is 28.8 Å². The van der Waals surface area contributed by atoms with E-state index >= 15 is 0 Å². The molecule has 2 heterocycles. The molecule has 118 valence electrons. The van der Waals surface area contributed by atoms with E-state index in [1.165, 1.54) is 0 Å². The lowest BCUT2D eigenvalue weighted by Crippen LogP contribution is -2.18. The summed E-state index contributed by atoms with van der Waals surface area (Å²) in [5.41, 5.74) is 1.98. The van der Waals surface area contributed by atoms with Crippen LogP contribution in [-0.2, 0) is 6.54 Å². The summed E-state index contributed by atoms with van der Waals surface area (Å²) in [5, 5.41) is 0.918. The van der Waals surface area contributed by atoms with Gasteiger partial charge in [-0.15, -0.1) is 0 Å². The highest BCUT2D eigenvalue weighted by Gasteiger charge is 2.13. The van der Waals surface area contributed by atoms with Crippen LogP contribution in [0.2, 0.25) is 0 Å². The molecule has 0 aliphatic heterocycles. The molecule has 0 radical (unpaired) electrons. The Kier molecular flexibility index (Phi) is 4.23. The zero-order chi connectivity index (χ0) is 16.2. The molecule has 0 saturated heterocycles. The van der Waals surface area contributed by atoms with Gasteiger partial charge in [0.25, 0.3) is 0 Å². The van der Waals surface area contributed by atoms with Crippen molar-refractivity contribution in [2.75, 3.05) is 26.2 Å². The number of pyridine rings is 1. The molecule has 0 bridgehead atoms. The number of aromatic nitrogens is 3. The van der Waals surface area contributed by atoms with Crippen molar-refractivity contribution in [1.29, 1.82) is 0 Å². The average molecular weight is 310 g/mol. The second kappa shape index (κ2) is 6.48. The van der Waals surface area contributed by atoms with Crippen molar-refractivity contribution >= 4 is 16.7 Å². The first-order valence-corrected chi connectivity index (χ1v) is 7.19. The largest absolute Gasteiger partial charge is 0.493 e. The highest BCUT2D eigenvalue weighted by Crippen LogP contribution is 2.34. The van der Waals surface area contributed by atoms with Crippen LogP contribution in [0.5, 0.6) is 11.5 Å². The molecule has 0 saturated carbocycles. The zero-order valence-corrected chi connectivity index (χ0v) is 13.4. The Morgan fingerprint density at radius 1 is 1.00 bits per heavy atom. The number of benzene rings is 1. The number of nitrogens with zero attached hydrogens (tertiary/aromatic N) is 4. The van der Waals surface area contributed by atoms with Crippen molar-refractivity contribution in [3.63, 3.8) is 0 Å². The smallest absolute Gasteiger partial charge is 0.162 e. The molecule has 0 N–H and O–H groups in total. The van der Waals surface area contributed by atoms with Gasteiger partial charge in [-0.05, 0) is 23.8 Å². The van der Waals surface area contributed by atoms with E-state index in [2.05, 4.69) is 19.9 Å². The summed E-state index contributed by atoms with van der Waals surface area (Å²) >= 11 is 0. The Hall–Kier alpha value is -2.89. The number of rotatable bonds is 5. The Balaban J connectivity index is 2.03. The van der Waals surface area contributed by atoms with Gasteiger partial charge in [0, 0.05) is 37.4 Å². The van der Waals surface area contributed by atoms with Crippen molar-refractivity contribution in [2.45, 2.75) is 6.54 Å². The highest BCUT2D eigenvalue weighted by atomic mass is 16.5. The van der Waals surface area contributed by atoms with Gasteiger partial charge in [0.05, 0.1) is 19.7 Å². The maximum atomic E-state index is 5.39. The molecule has 6 nitrogen and oxygen atoms in total. The van der Waals surface area contributed by atoms with Crippen LogP contribution in [0, 0.1) is 0 Å². The highest BCUT2D eigenvalue weighted by molar-refractivity contribution is 5.91. The topological polar surface area (TPSA) is 60.4 Å². The van der Waals surface area contributed by atoms with Gasteiger partial charge < -0.3 is 14.4 Å². The van der Waals surface area contributed by atoms with E-state index in [-0.39, 0.29) is 0 Å². The molecule has 0 unspecified atom stereocenters. The van der Waals surface area contributed by atoms with E-state index in [4.69, 9.17) is 9.47 Å². The minimum atomic E-state index is 0.654. The number of hydrogen-bond donors (Lipinski definition) is 0. The van der Waals surface area contributed by atoms with E-state index in [1.54, 1.807) is 32.9 Å². The zero-order valence-electron chi connectivity index (χ0n) is 13.4. The van der Waals surface area contributed by atoms with Gasteiger partial charge in [-0.1, -0.05) is 0 Å². The summed E-state index contributed by atoms with van der Waals surface area (Å²) in [5.74, 6) is 2.16. The van der Waals surface area contributed by atoms with Crippen molar-refractivity contribution < 1.29 is 9.47 Å². The van der Waals surface area contributed by atoms with Crippen LogP contribution in [0.3, 0.4) is 0 Å². The quantitative estimate of drug-likeness (QED) is 0.722. The maximum absolute atomic E-state index is 5.39. The van der Waals surface area contributed by atoms with E-state index in [9.17, 15) is 0 Å². The van der Waals surface area contributed by atoms with Gasteiger partial charge in [-0.2, -0.15) is 0 Å². The summed E-state index contributed by atoms with van der Waals surface area (Å²) in [6, 6.07) is 7.75. The molecule has 6 heteroatoms. The lowest BCUT2D eigenvalue weighted by molar-refractivity contribution is 0.356. The molecule has 0 amide bonds. The van der Waals surface area contributed by atoms with Crippen molar-refractivity contribution in [1.82, 2.24) is 15.0 Å². The lowest BCUT2D eigenvalue weighted by atomic mass is 10.2. The molecule has 23 heavy (non-hydrogen) atoms. The summed E-state index contributed by atoms with van der Waals surface area (Å²) in [4.78, 5) is 14.9. The molecule has 2 aromatic heterocycles. The second-order valence-corrected chi connectivity index (χ2v) is 5.13. The van der Waals surface area contributed by atoms with Crippen LogP contribution in [0.4, 0.5) is 5.82 Å². The first-order chi connectivity index (χ1) is 11.2. The third kappa shape index (κ3) is 3.01. The van der Waals surface area contributed by atoms with Gasteiger partial charge in [-0.3, -0.25) is 4.98 Å². The fourth-order valence-electron chi connectivity index (χ4n) is 2.51. The predicted octanol–water partition coefficient (Wildman–Crippen LogP) is 2.68. The fourth-order valence-corrected chi connectivity index (χ4v) is 2.51. The number of fused-ring (bicyclic) bond motifs is 1. The lowest BCUT2D eigenvalue weighted by Gasteiger charge is -2.20. The second-order valence-electron chi connectivity index (χ2n) is 5.13. The van der Waals surface area contributed by atoms with Gasteiger partial charge >= 0.3 is 0 Å². The maximum Gasteiger partial charge on any atom is 0.162 e. The molecule has 0 atom stereocenters. The summed E-state index contributed by atoms with van der Waals surface area (Å²) < 4.78 is 10.7. The third-order valence-electron chi connectivity index (χ3n) is 3.65. The Morgan fingerprint density at radius 3 is 2.39 bits per heavy atom. The van der Waals surface area contributed by atoms with Crippen LogP contribution in [0.25, 0.3) is 10.9 Å². The van der Waals surface area contributed by atoms with Crippen molar-refractivity contribution in [3.05, 3.63) is 48.5 Å². The average Bonchev–Trinajstić information content (AvgIpc) is 2.60. The normalized spacial score (nSPS) is 10.6. The Morgan fingerprint density at radius 2 is 1.70 bits per heavy atom. The number of hydrogen-bond acceptors (Lipinski definition) is 6. The first kappa shape index (κ1) is 15.0. The molecular weight excluding hydrogens is 292 g/mol. The molecule has 1 aromatic carbocycles. The number of methoxy groups -OCH3 is 2. The molecular formula is C17H18N4O2. The summed E-state index contributed by atoms with van der Waals surface area (Å²) in [7, 11) is 5.23. The molecule has 0 aliphatic rings. The van der Waals surface area contributed by atoms with E-state index in [1.807, 2.05) is 31.3 Å². The van der Waals surface area contributed by atoms with Crippen molar-refractivity contribution in [3.8, 4) is 11.5 Å². The van der Waals surface area contributed by atoms with Gasteiger partial charge in [-0.25, -0.2) is 9.97 Å². The van der Waals surface area contributed by atoms with Gasteiger partial charge in [0.15, 0.2) is 11.5 Å². The third-order valence-corrected chi connectivity index (χ3v) is 3.65. The Labute approximate surface area is 134 Å². The van der Waals surface area contributed by atoms with Crippen LogP contribution in [0.1, 0.15) is 5.56 Å².